The van der Waals surface area contributed by atoms with Gasteiger partial charge in [0.1, 0.15) is 0 Å². The van der Waals surface area contributed by atoms with Crippen LogP contribution in [0.15, 0.2) is 0 Å². The van der Waals surface area contributed by atoms with Crippen molar-refractivity contribution in [1.82, 2.24) is 10.3 Å². The van der Waals surface area contributed by atoms with E-state index in [1.807, 2.05) is 18.4 Å². The van der Waals surface area contributed by atoms with Gasteiger partial charge in [-0.3, -0.25) is 0 Å². The summed E-state index contributed by atoms with van der Waals surface area (Å²) in [5.41, 5.74) is 1.29. The molecule has 4 heteroatoms. The second kappa shape index (κ2) is 6.97. The molecular formula is C13H25N3S. The molecule has 1 unspecified atom stereocenters. The van der Waals surface area contributed by atoms with Gasteiger partial charge >= 0.3 is 0 Å². The molecule has 1 atom stereocenters. The lowest BCUT2D eigenvalue weighted by Gasteiger charge is -2.16. The van der Waals surface area contributed by atoms with E-state index < -0.39 is 0 Å². The molecule has 1 heterocycles. The average Bonchev–Trinajstić information content (AvgIpc) is 2.74. The molecular weight excluding hydrogens is 230 g/mol. The van der Waals surface area contributed by atoms with Crippen LogP contribution in [0, 0.1) is 0 Å². The van der Waals surface area contributed by atoms with E-state index in [0.29, 0.717) is 5.92 Å². The normalized spacial score (nSPS) is 12.8. The average molecular weight is 255 g/mol. The number of nitrogens with one attached hydrogen (secondary N) is 1. The number of rotatable bonds is 7. The minimum Gasteiger partial charge on any atom is -0.349 e. The van der Waals surface area contributed by atoms with Gasteiger partial charge in [-0.25, -0.2) is 4.98 Å². The fourth-order valence-electron chi connectivity index (χ4n) is 1.85. The number of hydrogen-bond acceptors (Lipinski definition) is 4. The van der Waals surface area contributed by atoms with Gasteiger partial charge in [-0.05, 0) is 33.2 Å². The van der Waals surface area contributed by atoms with Crippen molar-refractivity contribution < 1.29 is 0 Å². The molecule has 98 valence electrons. The highest BCUT2D eigenvalue weighted by Gasteiger charge is 2.17. The molecule has 0 saturated heterocycles. The third kappa shape index (κ3) is 3.42. The van der Waals surface area contributed by atoms with Gasteiger partial charge in [0.15, 0.2) is 5.13 Å². The van der Waals surface area contributed by atoms with Gasteiger partial charge in [-0.2, -0.15) is 0 Å². The zero-order valence-electron chi connectivity index (χ0n) is 11.7. The monoisotopic (exact) mass is 255 g/mol. The number of anilines is 1. The Balaban J connectivity index is 3.02. The maximum atomic E-state index is 4.85. The molecule has 0 saturated carbocycles. The van der Waals surface area contributed by atoms with Gasteiger partial charge in [0.25, 0.3) is 0 Å². The summed E-state index contributed by atoms with van der Waals surface area (Å²) < 4.78 is 0. The molecule has 17 heavy (non-hydrogen) atoms. The standard InChI is InChI=1S/C13H25N3S/c1-6-10(4)12-11(9-14-5)17-13(15-12)16(7-2)8-3/h10,14H,6-9H2,1-5H3. The molecule has 0 aromatic carbocycles. The summed E-state index contributed by atoms with van der Waals surface area (Å²) in [6.45, 7) is 11.9. The van der Waals surface area contributed by atoms with Gasteiger partial charge in [0.05, 0.1) is 5.69 Å². The van der Waals surface area contributed by atoms with Crippen molar-refractivity contribution in [1.29, 1.82) is 0 Å². The molecule has 0 radical (unpaired) electrons. The maximum absolute atomic E-state index is 4.85. The molecule has 0 aliphatic carbocycles. The van der Waals surface area contributed by atoms with E-state index in [1.165, 1.54) is 15.7 Å². The molecule has 0 aliphatic rings. The molecule has 0 bridgehead atoms. The highest BCUT2D eigenvalue weighted by atomic mass is 32.1. The van der Waals surface area contributed by atoms with E-state index in [1.54, 1.807) is 0 Å². The van der Waals surface area contributed by atoms with Crippen LogP contribution in [0.1, 0.15) is 50.6 Å². The summed E-state index contributed by atoms with van der Waals surface area (Å²) >= 11 is 1.84. The first-order valence-corrected chi connectivity index (χ1v) is 7.38. The van der Waals surface area contributed by atoms with E-state index in [0.717, 1.165) is 26.1 Å². The van der Waals surface area contributed by atoms with Crippen LogP contribution in [0.4, 0.5) is 5.13 Å². The predicted octanol–water partition coefficient (Wildman–Crippen LogP) is 3.22. The minimum absolute atomic E-state index is 0.555. The number of aromatic nitrogens is 1. The number of nitrogens with zero attached hydrogens (tertiary/aromatic N) is 2. The van der Waals surface area contributed by atoms with Crippen molar-refractivity contribution in [2.24, 2.45) is 0 Å². The molecule has 1 aromatic heterocycles. The lowest BCUT2D eigenvalue weighted by molar-refractivity contribution is 0.691. The Kier molecular flexibility index (Phi) is 5.92. The van der Waals surface area contributed by atoms with Gasteiger partial charge in [-0.15, -0.1) is 11.3 Å². The van der Waals surface area contributed by atoms with Crippen LogP contribution in [0.5, 0.6) is 0 Å². The zero-order valence-corrected chi connectivity index (χ0v) is 12.5. The highest BCUT2D eigenvalue weighted by Crippen LogP contribution is 2.31. The fraction of sp³-hybridized carbons (Fsp3) is 0.769. The topological polar surface area (TPSA) is 28.2 Å². The van der Waals surface area contributed by atoms with Crippen molar-refractivity contribution in [3.05, 3.63) is 10.6 Å². The first kappa shape index (κ1) is 14.5. The zero-order chi connectivity index (χ0) is 12.8. The highest BCUT2D eigenvalue weighted by molar-refractivity contribution is 7.15. The van der Waals surface area contributed by atoms with Crippen molar-refractivity contribution in [3.8, 4) is 0 Å². The Morgan fingerprint density at radius 1 is 1.29 bits per heavy atom. The summed E-state index contributed by atoms with van der Waals surface area (Å²) in [4.78, 5) is 8.57. The van der Waals surface area contributed by atoms with Crippen LogP contribution < -0.4 is 10.2 Å². The van der Waals surface area contributed by atoms with E-state index in [9.17, 15) is 0 Å². The Labute approximate surface area is 109 Å². The van der Waals surface area contributed by atoms with E-state index in [-0.39, 0.29) is 0 Å². The van der Waals surface area contributed by atoms with Gasteiger partial charge in [0, 0.05) is 24.5 Å². The molecule has 0 aliphatic heterocycles. The summed E-state index contributed by atoms with van der Waals surface area (Å²) in [5.74, 6) is 0.555. The number of thiazole rings is 1. The second-order valence-corrected chi connectivity index (χ2v) is 5.38. The van der Waals surface area contributed by atoms with Crippen LogP contribution in [-0.2, 0) is 6.54 Å². The summed E-state index contributed by atoms with van der Waals surface area (Å²) in [6, 6.07) is 0. The SMILES string of the molecule is CCC(C)c1nc(N(CC)CC)sc1CNC. The lowest BCUT2D eigenvalue weighted by atomic mass is 10.0. The smallest absolute Gasteiger partial charge is 0.185 e. The van der Waals surface area contributed by atoms with Crippen molar-refractivity contribution in [2.45, 2.75) is 46.6 Å². The third-order valence-electron chi connectivity index (χ3n) is 3.17. The van der Waals surface area contributed by atoms with Crippen LogP contribution in [0.3, 0.4) is 0 Å². The Morgan fingerprint density at radius 3 is 2.41 bits per heavy atom. The minimum atomic E-state index is 0.555. The third-order valence-corrected chi connectivity index (χ3v) is 4.30. The first-order valence-electron chi connectivity index (χ1n) is 6.56. The molecule has 0 amide bonds. The predicted molar refractivity (Wildman–Crippen MR) is 77.1 cm³/mol. The maximum Gasteiger partial charge on any atom is 0.185 e. The molecule has 0 spiro atoms. The Morgan fingerprint density at radius 2 is 1.94 bits per heavy atom. The van der Waals surface area contributed by atoms with Gasteiger partial charge in [-0.1, -0.05) is 13.8 Å². The van der Waals surface area contributed by atoms with Crippen LogP contribution >= 0.6 is 11.3 Å². The first-order chi connectivity index (χ1) is 8.17. The Bertz CT molecular complexity index is 331. The van der Waals surface area contributed by atoms with Crippen molar-refractivity contribution >= 4 is 16.5 Å². The summed E-state index contributed by atoms with van der Waals surface area (Å²) in [7, 11) is 2.00. The largest absolute Gasteiger partial charge is 0.349 e. The molecule has 1 N–H and O–H groups in total. The summed E-state index contributed by atoms with van der Waals surface area (Å²) in [5, 5.41) is 4.42. The van der Waals surface area contributed by atoms with Crippen molar-refractivity contribution in [3.63, 3.8) is 0 Å². The van der Waals surface area contributed by atoms with Crippen molar-refractivity contribution in [2.75, 3.05) is 25.0 Å². The molecule has 3 nitrogen and oxygen atoms in total. The van der Waals surface area contributed by atoms with Crippen LogP contribution in [0.25, 0.3) is 0 Å². The van der Waals surface area contributed by atoms with Crippen LogP contribution in [0.2, 0.25) is 0 Å². The van der Waals surface area contributed by atoms with E-state index >= 15 is 0 Å². The van der Waals surface area contributed by atoms with E-state index in [4.69, 9.17) is 4.98 Å². The molecule has 1 aromatic rings. The van der Waals surface area contributed by atoms with Gasteiger partial charge in [0.2, 0.25) is 0 Å². The van der Waals surface area contributed by atoms with E-state index in [2.05, 4.69) is 37.9 Å². The number of hydrogen-bond donors (Lipinski definition) is 1. The lowest BCUT2D eigenvalue weighted by Crippen LogP contribution is -2.21. The molecule has 1 rings (SSSR count). The quantitative estimate of drug-likeness (QED) is 0.811. The fourth-order valence-corrected chi connectivity index (χ4v) is 3.17. The second-order valence-electron chi connectivity index (χ2n) is 4.32. The molecule has 0 fully saturated rings. The Hall–Kier alpha value is -0.610. The van der Waals surface area contributed by atoms with Crippen LogP contribution in [-0.4, -0.2) is 25.1 Å². The summed E-state index contributed by atoms with van der Waals surface area (Å²) in [6.07, 6.45) is 1.15. The van der Waals surface area contributed by atoms with Gasteiger partial charge < -0.3 is 10.2 Å².